The predicted octanol–water partition coefficient (Wildman–Crippen LogP) is 2.32. The summed E-state index contributed by atoms with van der Waals surface area (Å²) in [6.07, 6.45) is 4.24. The molecule has 0 radical (unpaired) electrons. The highest BCUT2D eigenvalue weighted by Crippen LogP contribution is 2.74. The Morgan fingerprint density at radius 2 is 1.81 bits per heavy atom. The molecule has 1 spiro atoms. The lowest BCUT2D eigenvalue weighted by Crippen LogP contribution is -2.30. The number of hydrogen-bond acceptors (Lipinski definition) is 2. The van der Waals surface area contributed by atoms with Crippen molar-refractivity contribution in [3.8, 4) is 0 Å². The molecule has 1 aliphatic heterocycles. The number of alkyl halides is 2. The van der Waals surface area contributed by atoms with Crippen molar-refractivity contribution in [2.24, 2.45) is 17.1 Å². The molecule has 2 saturated carbocycles. The maximum Gasteiger partial charge on any atom is 0.260 e. The maximum atomic E-state index is 14.0. The van der Waals surface area contributed by atoms with Crippen molar-refractivity contribution in [3.05, 3.63) is 0 Å². The highest BCUT2D eigenvalue weighted by Gasteiger charge is 2.81. The summed E-state index contributed by atoms with van der Waals surface area (Å²) >= 11 is 0. The second kappa shape index (κ2) is 3.39. The quantitative estimate of drug-likeness (QED) is 0.751. The molecule has 92 valence electrons. The molecule has 2 unspecified atom stereocenters. The van der Waals surface area contributed by atoms with Crippen LogP contribution in [0.5, 0.6) is 0 Å². The highest BCUT2D eigenvalue weighted by atomic mass is 19.3. The second-order valence-electron chi connectivity index (χ2n) is 5.65. The topological polar surface area (TPSA) is 35.2 Å². The Labute approximate surface area is 94.5 Å². The molecule has 2 aliphatic carbocycles. The first-order valence-corrected chi connectivity index (χ1v) is 6.33. The van der Waals surface area contributed by atoms with Crippen molar-refractivity contribution >= 4 is 0 Å². The lowest BCUT2D eigenvalue weighted by molar-refractivity contribution is 0.0217. The molecule has 1 saturated heterocycles. The van der Waals surface area contributed by atoms with Crippen LogP contribution in [0.25, 0.3) is 0 Å². The normalized spacial score (nSPS) is 50.8. The molecule has 3 fully saturated rings. The molecular weight excluding hydrogens is 212 g/mol. The lowest BCUT2D eigenvalue weighted by Gasteiger charge is -2.27. The van der Waals surface area contributed by atoms with Crippen molar-refractivity contribution < 1.29 is 13.5 Å². The molecule has 3 rings (SSSR count). The van der Waals surface area contributed by atoms with Gasteiger partial charge in [0.15, 0.2) is 0 Å². The Bertz CT molecular complexity index is 281. The number of hydrogen-bond donors (Lipinski definition) is 1. The summed E-state index contributed by atoms with van der Waals surface area (Å²) in [5.74, 6) is -3.02. The van der Waals surface area contributed by atoms with Crippen molar-refractivity contribution in [3.63, 3.8) is 0 Å². The summed E-state index contributed by atoms with van der Waals surface area (Å²) < 4.78 is 33.4. The third-order valence-corrected chi connectivity index (χ3v) is 4.83. The van der Waals surface area contributed by atoms with Crippen molar-refractivity contribution in [1.29, 1.82) is 0 Å². The van der Waals surface area contributed by atoms with E-state index in [1.54, 1.807) is 0 Å². The molecule has 0 aromatic carbocycles. The highest BCUT2D eigenvalue weighted by molar-refractivity contribution is 5.21. The molecule has 2 nitrogen and oxygen atoms in total. The fourth-order valence-corrected chi connectivity index (χ4v) is 3.79. The average Bonchev–Trinajstić information content (AvgIpc) is 2.64. The molecule has 2 N–H and O–H groups in total. The van der Waals surface area contributed by atoms with E-state index < -0.39 is 17.3 Å². The van der Waals surface area contributed by atoms with Crippen LogP contribution in [-0.4, -0.2) is 24.7 Å². The minimum Gasteiger partial charge on any atom is -0.378 e. The molecular formula is C12H19F2NO. The van der Waals surface area contributed by atoms with Gasteiger partial charge in [0.05, 0.1) is 12.0 Å². The monoisotopic (exact) mass is 231 g/mol. The van der Waals surface area contributed by atoms with E-state index in [0.29, 0.717) is 19.4 Å². The van der Waals surface area contributed by atoms with Crippen LogP contribution in [0.3, 0.4) is 0 Å². The van der Waals surface area contributed by atoms with E-state index >= 15 is 0 Å². The van der Waals surface area contributed by atoms with Crippen LogP contribution < -0.4 is 5.73 Å². The average molecular weight is 231 g/mol. The SMILES string of the molecule is NC1CCC2(CC1)C(C1CCCO1)C2(F)F. The van der Waals surface area contributed by atoms with E-state index in [4.69, 9.17) is 10.5 Å². The Morgan fingerprint density at radius 1 is 1.12 bits per heavy atom. The second-order valence-corrected chi connectivity index (χ2v) is 5.65. The Morgan fingerprint density at radius 3 is 2.38 bits per heavy atom. The standard InChI is InChI=1S/C12H19F2NO/c13-12(14)10(9-2-1-7-16-9)11(12)5-3-8(15)4-6-11/h8-10H,1-7,15H2. The van der Waals surface area contributed by atoms with Crippen molar-refractivity contribution in [2.45, 2.75) is 56.6 Å². The summed E-state index contributed by atoms with van der Waals surface area (Å²) in [5.41, 5.74) is 5.04. The van der Waals surface area contributed by atoms with Gasteiger partial charge in [-0.2, -0.15) is 0 Å². The Kier molecular flexibility index (Phi) is 2.31. The van der Waals surface area contributed by atoms with Crippen LogP contribution in [-0.2, 0) is 4.74 Å². The fourth-order valence-electron chi connectivity index (χ4n) is 3.79. The van der Waals surface area contributed by atoms with Crippen LogP contribution in [0.4, 0.5) is 8.78 Å². The van der Waals surface area contributed by atoms with Gasteiger partial charge >= 0.3 is 0 Å². The summed E-state index contributed by atoms with van der Waals surface area (Å²) in [7, 11) is 0. The summed E-state index contributed by atoms with van der Waals surface area (Å²) in [5, 5.41) is 0. The smallest absolute Gasteiger partial charge is 0.260 e. The van der Waals surface area contributed by atoms with Gasteiger partial charge in [-0.1, -0.05) is 0 Å². The number of rotatable bonds is 1. The molecule has 0 aromatic heterocycles. The first kappa shape index (κ1) is 10.9. The van der Waals surface area contributed by atoms with Gasteiger partial charge in [0.25, 0.3) is 5.92 Å². The van der Waals surface area contributed by atoms with E-state index in [9.17, 15) is 8.78 Å². The molecule has 0 bridgehead atoms. The van der Waals surface area contributed by atoms with Crippen molar-refractivity contribution in [2.75, 3.05) is 6.61 Å². The van der Waals surface area contributed by atoms with E-state index in [1.165, 1.54) is 0 Å². The third kappa shape index (κ3) is 1.29. The number of nitrogens with two attached hydrogens (primary N) is 1. The molecule has 1 heterocycles. The van der Waals surface area contributed by atoms with Gasteiger partial charge in [-0.05, 0) is 38.5 Å². The van der Waals surface area contributed by atoms with Crippen LogP contribution >= 0.6 is 0 Å². The molecule has 0 aromatic rings. The Balaban J connectivity index is 1.75. The van der Waals surface area contributed by atoms with E-state index in [2.05, 4.69) is 0 Å². The van der Waals surface area contributed by atoms with Gasteiger partial charge in [-0.3, -0.25) is 0 Å². The molecule has 4 heteroatoms. The van der Waals surface area contributed by atoms with Gasteiger partial charge in [0.1, 0.15) is 0 Å². The molecule has 16 heavy (non-hydrogen) atoms. The zero-order chi connectivity index (χ0) is 11.4. The fraction of sp³-hybridized carbons (Fsp3) is 1.00. The van der Waals surface area contributed by atoms with E-state index in [1.807, 2.05) is 0 Å². The summed E-state index contributed by atoms with van der Waals surface area (Å²) in [4.78, 5) is 0. The van der Waals surface area contributed by atoms with Gasteiger partial charge in [-0.15, -0.1) is 0 Å². The van der Waals surface area contributed by atoms with Gasteiger partial charge in [-0.25, -0.2) is 8.78 Å². The summed E-state index contributed by atoms with van der Waals surface area (Å²) in [6, 6.07) is 0.132. The minimum atomic E-state index is -2.50. The van der Waals surface area contributed by atoms with Gasteiger partial charge < -0.3 is 10.5 Å². The largest absolute Gasteiger partial charge is 0.378 e. The van der Waals surface area contributed by atoms with E-state index in [-0.39, 0.29) is 12.1 Å². The first-order valence-electron chi connectivity index (χ1n) is 6.33. The number of halogens is 2. The molecule has 2 atom stereocenters. The maximum absolute atomic E-state index is 14.0. The number of ether oxygens (including phenoxy) is 1. The Hall–Kier alpha value is -0.220. The van der Waals surface area contributed by atoms with E-state index in [0.717, 1.165) is 25.7 Å². The van der Waals surface area contributed by atoms with Crippen molar-refractivity contribution in [1.82, 2.24) is 0 Å². The van der Waals surface area contributed by atoms with Crippen LogP contribution in [0.2, 0.25) is 0 Å². The van der Waals surface area contributed by atoms with Gasteiger partial charge in [0.2, 0.25) is 0 Å². The minimum absolute atomic E-state index is 0.132. The summed E-state index contributed by atoms with van der Waals surface area (Å²) in [6.45, 7) is 0.660. The predicted molar refractivity (Wildman–Crippen MR) is 56.3 cm³/mol. The first-order chi connectivity index (χ1) is 7.58. The zero-order valence-corrected chi connectivity index (χ0v) is 9.42. The van der Waals surface area contributed by atoms with Crippen LogP contribution in [0, 0.1) is 11.3 Å². The zero-order valence-electron chi connectivity index (χ0n) is 9.42. The van der Waals surface area contributed by atoms with Crippen LogP contribution in [0.1, 0.15) is 38.5 Å². The lowest BCUT2D eigenvalue weighted by atomic mass is 9.81. The molecule has 3 aliphatic rings. The third-order valence-electron chi connectivity index (χ3n) is 4.83. The molecule has 0 amide bonds. The van der Waals surface area contributed by atoms with Crippen LogP contribution in [0.15, 0.2) is 0 Å². The van der Waals surface area contributed by atoms with Gasteiger partial charge in [0, 0.05) is 18.1 Å².